The molecule has 2 unspecified atom stereocenters. The Kier molecular flexibility index (Phi) is 3.64. The van der Waals surface area contributed by atoms with Gasteiger partial charge in [0, 0.05) is 5.56 Å². The van der Waals surface area contributed by atoms with Gasteiger partial charge in [-0.1, -0.05) is 55.1 Å². The van der Waals surface area contributed by atoms with Crippen LogP contribution in [0.4, 0.5) is 4.39 Å². The highest BCUT2D eigenvalue weighted by molar-refractivity contribution is 5.78. The number of hydrogen-bond acceptors (Lipinski definition) is 4. The van der Waals surface area contributed by atoms with Crippen LogP contribution in [0.5, 0.6) is 0 Å². The summed E-state index contributed by atoms with van der Waals surface area (Å²) in [5.41, 5.74) is 1.17. The Hall–Kier alpha value is -3.61. The van der Waals surface area contributed by atoms with Crippen LogP contribution in [0.1, 0.15) is 17.0 Å². The fraction of sp³-hybridized carbons (Fsp3) is 0.120. The molecule has 5 nitrogen and oxygen atoms in total. The van der Waals surface area contributed by atoms with Crippen LogP contribution in [0.15, 0.2) is 90.2 Å². The number of ether oxygens (including phenoxy) is 2. The van der Waals surface area contributed by atoms with Gasteiger partial charge in [-0.25, -0.2) is 9.37 Å². The van der Waals surface area contributed by atoms with E-state index in [1.807, 2.05) is 36.4 Å². The molecular weight excluding hydrogens is 395 g/mol. The van der Waals surface area contributed by atoms with E-state index in [0.29, 0.717) is 33.5 Å². The first-order valence-electron chi connectivity index (χ1n) is 9.94. The number of benzene rings is 3. The summed E-state index contributed by atoms with van der Waals surface area (Å²) in [7, 11) is 0. The van der Waals surface area contributed by atoms with Gasteiger partial charge in [0.2, 0.25) is 0 Å². The van der Waals surface area contributed by atoms with E-state index in [4.69, 9.17) is 14.5 Å². The fourth-order valence-corrected chi connectivity index (χ4v) is 4.52. The first-order valence-corrected chi connectivity index (χ1v) is 9.94. The third-order valence-electron chi connectivity index (χ3n) is 6.03. The minimum absolute atomic E-state index is 0.0942. The third-order valence-corrected chi connectivity index (χ3v) is 6.03. The molecule has 6 rings (SSSR count). The van der Waals surface area contributed by atoms with E-state index in [9.17, 15) is 9.18 Å². The zero-order chi connectivity index (χ0) is 21.2. The van der Waals surface area contributed by atoms with Gasteiger partial charge in [0.25, 0.3) is 11.3 Å². The Labute approximate surface area is 177 Å². The van der Waals surface area contributed by atoms with Crippen molar-refractivity contribution in [1.29, 1.82) is 0 Å². The number of halogens is 1. The van der Waals surface area contributed by atoms with Gasteiger partial charge in [-0.15, -0.1) is 0 Å². The molecule has 0 N–H and O–H groups in total. The molecule has 6 heteroatoms. The Morgan fingerprint density at radius 2 is 1.87 bits per heavy atom. The van der Waals surface area contributed by atoms with Crippen LogP contribution < -0.4 is 5.56 Å². The van der Waals surface area contributed by atoms with Crippen molar-refractivity contribution in [3.8, 4) is 5.69 Å². The Morgan fingerprint density at radius 3 is 2.71 bits per heavy atom. The maximum absolute atomic E-state index is 14.0. The molecular formula is C25H17FN2O3. The summed E-state index contributed by atoms with van der Waals surface area (Å²) < 4.78 is 28.5. The van der Waals surface area contributed by atoms with Crippen LogP contribution in [0, 0.1) is 5.82 Å². The van der Waals surface area contributed by atoms with E-state index < -0.39 is 11.4 Å². The number of rotatable bonds is 2. The number of nitrogens with zero attached hydrogens (tertiary/aromatic N) is 2. The highest BCUT2D eigenvalue weighted by Crippen LogP contribution is 2.52. The average Bonchev–Trinajstić information content (AvgIpc) is 3.33. The third kappa shape index (κ3) is 2.31. The molecule has 1 fully saturated rings. The van der Waals surface area contributed by atoms with Crippen LogP contribution >= 0.6 is 0 Å². The lowest BCUT2D eigenvalue weighted by Crippen LogP contribution is -2.34. The minimum Gasteiger partial charge on any atom is -0.336 e. The van der Waals surface area contributed by atoms with Crippen molar-refractivity contribution >= 4 is 10.9 Å². The highest BCUT2D eigenvalue weighted by Gasteiger charge is 2.58. The summed E-state index contributed by atoms with van der Waals surface area (Å²) in [5, 5.41) is 0.510. The minimum atomic E-state index is -1.42. The van der Waals surface area contributed by atoms with Crippen molar-refractivity contribution < 1.29 is 13.9 Å². The van der Waals surface area contributed by atoms with E-state index in [2.05, 4.69) is 6.58 Å². The van der Waals surface area contributed by atoms with E-state index in [1.54, 1.807) is 34.9 Å². The molecule has 0 bridgehead atoms. The van der Waals surface area contributed by atoms with Gasteiger partial charge >= 0.3 is 0 Å². The zero-order valence-corrected chi connectivity index (χ0v) is 16.4. The molecule has 31 heavy (non-hydrogen) atoms. The van der Waals surface area contributed by atoms with Gasteiger partial charge in [-0.05, 0) is 35.9 Å². The molecule has 4 aromatic rings. The van der Waals surface area contributed by atoms with Crippen molar-refractivity contribution in [2.75, 3.05) is 6.61 Å². The molecule has 2 aliphatic heterocycles. The van der Waals surface area contributed by atoms with Crippen LogP contribution in [0.25, 0.3) is 16.6 Å². The summed E-state index contributed by atoms with van der Waals surface area (Å²) in [6.07, 6.45) is 1.61. The predicted molar refractivity (Wildman–Crippen MR) is 113 cm³/mol. The molecule has 0 saturated carbocycles. The number of aromatic nitrogens is 2. The van der Waals surface area contributed by atoms with Crippen molar-refractivity contribution in [2.45, 2.75) is 11.4 Å². The summed E-state index contributed by atoms with van der Waals surface area (Å²) >= 11 is 0. The number of hydrogen-bond donors (Lipinski definition) is 0. The number of fused-ring (bicyclic) bond motifs is 6. The summed E-state index contributed by atoms with van der Waals surface area (Å²) in [6.45, 7) is 4.03. The SMILES string of the molecule is C=CC1(c2cccc(F)c2)COC2(O1)c1ccccc1-n1c2nc2ccccc2c1=O. The molecule has 2 atom stereocenters. The van der Waals surface area contributed by atoms with Gasteiger partial charge in [0.1, 0.15) is 11.4 Å². The molecule has 0 amide bonds. The quantitative estimate of drug-likeness (QED) is 0.464. The van der Waals surface area contributed by atoms with Crippen LogP contribution in [-0.4, -0.2) is 16.2 Å². The fourth-order valence-electron chi connectivity index (χ4n) is 4.52. The van der Waals surface area contributed by atoms with Gasteiger partial charge in [0.05, 0.1) is 23.2 Å². The van der Waals surface area contributed by atoms with Crippen molar-refractivity contribution in [1.82, 2.24) is 9.55 Å². The van der Waals surface area contributed by atoms with E-state index in [1.165, 1.54) is 12.1 Å². The topological polar surface area (TPSA) is 53.4 Å². The molecule has 0 radical (unpaired) electrons. The molecule has 3 aromatic carbocycles. The molecule has 3 heterocycles. The van der Waals surface area contributed by atoms with Crippen LogP contribution in [0.3, 0.4) is 0 Å². The number of para-hydroxylation sites is 2. The lowest BCUT2D eigenvalue weighted by Gasteiger charge is -2.28. The Morgan fingerprint density at radius 1 is 1.06 bits per heavy atom. The van der Waals surface area contributed by atoms with Crippen molar-refractivity contribution in [3.63, 3.8) is 0 Å². The van der Waals surface area contributed by atoms with Gasteiger partial charge < -0.3 is 9.47 Å². The monoisotopic (exact) mass is 412 g/mol. The largest absolute Gasteiger partial charge is 0.336 e. The lowest BCUT2D eigenvalue weighted by molar-refractivity contribution is -0.159. The Balaban J connectivity index is 1.64. The first-order chi connectivity index (χ1) is 15.1. The molecule has 0 aliphatic carbocycles. The molecule has 1 aromatic heterocycles. The second kappa shape index (κ2) is 6.20. The standard InChI is InChI=1S/C25H17FN2O3/c1-2-24(16-8-7-9-17(26)14-16)15-30-25(31-24)19-11-4-6-13-21(19)28-22(29)18-10-3-5-12-20(18)27-23(25)28/h2-14H,1,15H2. The normalized spacial score (nSPS) is 23.8. The van der Waals surface area contributed by atoms with Gasteiger partial charge in [0.15, 0.2) is 5.82 Å². The second-order valence-electron chi connectivity index (χ2n) is 7.72. The smallest absolute Gasteiger partial charge is 0.266 e. The summed E-state index contributed by atoms with van der Waals surface area (Å²) in [4.78, 5) is 18.2. The highest BCUT2D eigenvalue weighted by atomic mass is 19.1. The van der Waals surface area contributed by atoms with Gasteiger partial charge in [-0.3, -0.25) is 9.36 Å². The van der Waals surface area contributed by atoms with E-state index in [0.717, 1.165) is 0 Å². The van der Waals surface area contributed by atoms with E-state index >= 15 is 0 Å². The predicted octanol–water partition coefficient (Wildman–Crippen LogP) is 4.17. The van der Waals surface area contributed by atoms with Gasteiger partial charge in [-0.2, -0.15) is 0 Å². The van der Waals surface area contributed by atoms with Crippen molar-refractivity contribution in [3.05, 3.63) is 119 Å². The molecule has 1 saturated heterocycles. The van der Waals surface area contributed by atoms with Crippen molar-refractivity contribution in [2.24, 2.45) is 0 Å². The molecule has 152 valence electrons. The summed E-state index contributed by atoms with van der Waals surface area (Å²) in [6, 6.07) is 20.8. The maximum atomic E-state index is 14.0. The maximum Gasteiger partial charge on any atom is 0.266 e. The van der Waals surface area contributed by atoms with E-state index in [-0.39, 0.29) is 18.0 Å². The molecule has 1 spiro atoms. The van der Waals surface area contributed by atoms with Crippen LogP contribution in [-0.2, 0) is 20.9 Å². The van der Waals surface area contributed by atoms with Crippen LogP contribution in [0.2, 0.25) is 0 Å². The second-order valence-corrected chi connectivity index (χ2v) is 7.72. The average molecular weight is 412 g/mol. The summed E-state index contributed by atoms with van der Waals surface area (Å²) in [5.74, 6) is -1.45. The zero-order valence-electron chi connectivity index (χ0n) is 16.4. The first kappa shape index (κ1) is 18.2. The molecule has 2 aliphatic rings. The Bertz CT molecular complexity index is 1450. The lowest BCUT2D eigenvalue weighted by atomic mass is 9.94.